The fourth-order valence-corrected chi connectivity index (χ4v) is 4.51. The van der Waals surface area contributed by atoms with Crippen molar-refractivity contribution >= 4 is 15.9 Å². The molecule has 2 aliphatic rings. The van der Waals surface area contributed by atoms with Gasteiger partial charge in [-0.1, -0.05) is 12.2 Å². The zero-order valence-corrected chi connectivity index (χ0v) is 15.1. The third-order valence-electron chi connectivity index (χ3n) is 4.96. The van der Waals surface area contributed by atoms with Crippen LogP contribution in [-0.4, -0.2) is 62.2 Å². The maximum Gasteiger partial charge on any atom is 0.317 e. The molecule has 0 saturated carbocycles. The average molecular weight is 344 g/mol. The highest BCUT2D eigenvalue weighted by Crippen LogP contribution is 2.26. The molecular weight excluding hydrogens is 316 g/mol. The second-order valence-electron chi connectivity index (χ2n) is 7.19. The molecule has 7 heteroatoms. The van der Waals surface area contributed by atoms with Crippen molar-refractivity contribution in [3.63, 3.8) is 0 Å². The van der Waals surface area contributed by atoms with Crippen LogP contribution in [0.15, 0.2) is 12.2 Å². The molecule has 1 N–H and O–H groups in total. The summed E-state index contributed by atoms with van der Waals surface area (Å²) in [7, 11) is -3.17. The van der Waals surface area contributed by atoms with Crippen molar-refractivity contribution in [2.45, 2.75) is 44.5 Å². The Bertz CT molecular complexity index is 571. The summed E-state index contributed by atoms with van der Waals surface area (Å²) >= 11 is 0. The minimum Gasteiger partial charge on any atom is -0.374 e. The molecule has 2 fully saturated rings. The molecule has 2 heterocycles. The van der Waals surface area contributed by atoms with Crippen molar-refractivity contribution < 1.29 is 17.9 Å². The van der Waals surface area contributed by atoms with Crippen LogP contribution in [0.5, 0.6) is 0 Å². The van der Waals surface area contributed by atoms with Gasteiger partial charge in [0.1, 0.15) is 0 Å². The Kier molecular flexibility index (Phi) is 5.41. The van der Waals surface area contributed by atoms with Crippen LogP contribution in [-0.2, 0) is 14.6 Å². The van der Waals surface area contributed by atoms with Crippen LogP contribution in [0.3, 0.4) is 0 Å². The second kappa shape index (κ2) is 6.81. The number of amides is 2. The van der Waals surface area contributed by atoms with E-state index in [4.69, 9.17) is 4.74 Å². The van der Waals surface area contributed by atoms with Crippen LogP contribution >= 0.6 is 0 Å². The van der Waals surface area contributed by atoms with Gasteiger partial charge in [-0.05, 0) is 33.6 Å². The molecule has 2 saturated heterocycles. The molecule has 0 aromatic heterocycles. The highest BCUT2D eigenvalue weighted by atomic mass is 32.2. The summed E-state index contributed by atoms with van der Waals surface area (Å²) in [6.45, 7) is 11.3. The molecule has 0 unspecified atom stereocenters. The summed E-state index contributed by atoms with van der Waals surface area (Å²) < 4.78 is 29.2. The van der Waals surface area contributed by atoms with E-state index in [1.165, 1.54) is 0 Å². The molecule has 2 atom stereocenters. The second-order valence-corrected chi connectivity index (χ2v) is 9.93. The lowest BCUT2D eigenvalue weighted by Gasteiger charge is -2.24. The Morgan fingerprint density at radius 2 is 2.09 bits per heavy atom. The number of urea groups is 1. The molecule has 6 nitrogen and oxygen atoms in total. The van der Waals surface area contributed by atoms with E-state index in [2.05, 4.69) is 11.9 Å². The monoisotopic (exact) mass is 344 g/mol. The Morgan fingerprint density at radius 1 is 1.39 bits per heavy atom. The van der Waals surface area contributed by atoms with E-state index in [9.17, 15) is 13.2 Å². The molecule has 2 amide bonds. The van der Waals surface area contributed by atoms with Crippen LogP contribution in [0, 0.1) is 5.92 Å². The van der Waals surface area contributed by atoms with Crippen LogP contribution in [0.25, 0.3) is 0 Å². The molecule has 132 valence electrons. The highest BCUT2D eigenvalue weighted by molar-refractivity contribution is 7.92. The summed E-state index contributed by atoms with van der Waals surface area (Å²) in [5.41, 5.74) is 0.976. The largest absolute Gasteiger partial charge is 0.374 e. The number of carbonyl (C=O) groups is 1. The van der Waals surface area contributed by atoms with Crippen molar-refractivity contribution in [2.24, 2.45) is 5.92 Å². The van der Waals surface area contributed by atoms with Gasteiger partial charge in [0.2, 0.25) is 0 Å². The number of ether oxygens (including phenoxy) is 1. The lowest BCUT2D eigenvalue weighted by molar-refractivity contribution is 0.118. The van der Waals surface area contributed by atoms with Gasteiger partial charge in [-0.3, -0.25) is 0 Å². The maximum atomic E-state index is 12.4. The zero-order chi connectivity index (χ0) is 17.3. The van der Waals surface area contributed by atoms with Crippen LogP contribution in [0.2, 0.25) is 0 Å². The summed E-state index contributed by atoms with van der Waals surface area (Å²) in [5, 5.41) is 2.93. The summed E-state index contributed by atoms with van der Waals surface area (Å²) in [4.78, 5) is 14.0. The van der Waals surface area contributed by atoms with Crippen LogP contribution < -0.4 is 5.32 Å². The Labute approximate surface area is 139 Å². The van der Waals surface area contributed by atoms with E-state index in [1.54, 1.807) is 18.7 Å². The molecule has 0 radical (unpaired) electrons. The number of nitrogens with zero attached hydrogens (tertiary/aromatic N) is 1. The molecule has 23 heavy (non-hydrogen) atoms. The van der Waals surface area contributed by atoms with Gasteiger partial charge in [-0.15, -0.1) is 0 Å². The lowest BCUT2D eigenvalue weighted by Crippen LogP contribution is -2.44. The smallest absolute Gasteiger partial charge is 0.317 e. The minimum atomic E-state index is -3.17. The van der Waals surface area contributed by atoms with E-state index in [0.29, 0.717) is 26.1 Å². The van der Waals surface area contributed by atoms with E-state index in [0.717, 1.165) is 12.0 Å². The first-order valence-corrected chi connectivity index (χ1v) is 9.81. The number of hydrogen-bond acceptors (Lipinski definition) is 4. The lowest BCUT2D eigenvalue weighted by atomic mass is 9.97. The third-order valence-corrected chi connectivity index (χ3v) is 7.57. The zero-order valence-electron chi connectivity index (χ0n) is 14.3. The summed E-state index contributed by atoms with van der Waals surface area (Å²) in [6.07, 6.45) is 1.36. The van der Waals surface area contributed by atoms with Crippen molar-refractivity contribution in [3.05, 3.63) is 12.2 Å². The average Bonchev–Trinajstić information content (AvgIpc) is 2.89. The molecule has 0 bridgehead atoms. The molecule has 2 rings (SSSR count). The number of carbonyl (C=O) groups excluding carboxylic acids is 1. The van der Waals surface area contributed by atoms with Crippen LogP contribution in [0.1, 0.15) is 33.6 Å². The van der Waals surface area contributed by atoms with Gasteiger partial charge in [-0.2, -0.15) is 0 Å². The van der Waals surface area contributed by atoms with Gasteiger partial charge < -0.3 is 15.0 Å². The minimum absolute atomic E-state index is 0.00116. The van der Waals surface area contributed by atoms with E-state index < -0.39 is 14.6 Å². The van der Waals surface area contributed by atoms with Gasteiger partial charge in [0.15, 0.2) is 9.84 Å². The van der Waals surface area contributed by atoms with Crippen LogP contribution in [0.4, 0.5) is 4.79 Å². The van der Waals surface area contributed by atoms with Crippen molar-refractivity contribution in [1.82, 2.24) is 10.2 Å². The molecule has 0 spiro atoms. The topological polar surface area (TPSA) is 75.7 Å². The van der Waals surface area contributed by atoms with E-state index in [-0.39, 0.29) is 30.4 Å². The van der Waals surface area contributed by atoms with Crippen molar-refractivity contribution in [2.75, 3.05) is 32.0 Å². The predicted octanol–water partition coefficient (Wildman–Crippen LogP) is 1.58. The third kappa shape index (κ3) is 4.07. The summed E-state index contributed by atoms with van der Waals surface area (Å²) in [5.74, 6) is 0.262. The number of sulfone groups is 1. The molecule has 0 aliphatic carbocycles. The molecule has 0 aromatic rings. The number of rotatable bonds is 3. The Hall–Kier alpha value is -1.08. The number of nitrogens with one attached hydrogen (secondary N) is 1. The van der Waals surface area contributed by atoms with Crippen molar-refractivity contribution in [3.8, 4) is 0 Å². The normalized spacial score (nSPS) is 29.8. The van der Waals surface area contributed by atoms with Crippen molar-refractivity contribution in [1.29, 1.82) is 0 Å². The Balaban J connectivity index is 1.90. The maximum absolute atomic E-state index is 12.4. The number of hydrogen-bond donors (Lipinski definition) is 1. The fourth-order valence-electron chi connectivity index (χ4n) is 3.10. The standard InChI is InChI=1S/C16H28N2O4S/c1-12(2)14-13(5-9-22-14)11-17-15(19)18-7-6-16(3,4)23(20,21)10-8-18/h13-14H,1,5-11H2,2-4H3,(H,17,19)/t13-,14-/m1/s1. The SMILES string of the molecule is C=C(C)[C@H]1OCC[C@@H]1CNC(=O)N1CCC(C)(C)S(=O)(=O)CC1. The Morgan fingerprint density at radius 3 is 2.74 bits per heavy atom. The molecular formula is C16H28N2O4S. The molecule has 2 aliphatic heterocycles. The predicted molar refractivity (Wildman–Crippen MR) is 90.1 cm³/mol. The van der Waals surface area contributed by atoms with Gasteiger partial charge in [0.25, 0.3) is 0 Å². The first-order chi connectivity index (χ1) is 10.6. The molecule has 0 aromatic carbocycles. The highest BCUT2D eigenvalue weighted by Gasteiger charge is 2.38. The van der Waals surface area contributed by atoms with Gasteiger partial charge in [-0.25, -0.2) is 13.2 Å². The first-order valence-electron chi connectivity index (χ1n) is 8.16. The quantitative estimate of drug-likeness (QED) is 0.789. The first kappa shape index (κ1) is 18.3. The summed E-state index contributed by atoms with van der Waals surface area (Å²) in [6, 6.07) is -0.190. The fraction of sp³-hybridized carbons (Fsp3) is 0.812. The van der Waals surface area contributed by atoms with Gasteiger partial charge in [0.05, 0.1) is 16.6 Å². The van der Waals surface area contributed by atoms with Gasteiger partial charge in [0, 0.05) is 32.2 Å². The van der Waals surface area contributed by atoms with E-state index in [1.807, 2.05) is 6.92 Å². The van der Waals surface area contributed by atoms with Gasteiger partial charge >= 0.3 is 6.03 Å². The van der Waals surface area contributed by atoms with E-state index >= 15 is 0 Å².